The monoisotopic (exact) mass is 346 g/mol. The second-order valence-electron chi connectivity index (χ2n) is 4.88. The molecule has 0 bridgehead atoms. The van der Waals surface area contributed by atoms with Gasteiger partial charge in [-0.3, -0.25) is 0 Å². The molecule has 2 rings (SSSR count). The molecular weight excluding hydrogens is 324 g/mol. The van der Waals surface area contributed by atoms with E-state index in [9.17, 15) is 0 Å². The number of anilines is 1. The average Bonchev–Trinajstić information content (AvgIpc) is 2.56. The van der Waals surface area contributed by atoms with E-state index in [1.54, 1.807) is 0 Å². The predicted octanol–water partition coefficient (Wildman–Crippen LogP) is 4.31. The van der Waals surface area contributed by atoms with Gasteiger partial charge in [0.2, 0.25) is 0 Å². The number of benzene rings is 2. The molecule has 0 saturated carbocycles. The Morgan fingerprint density at radius 2 is 1.96 bits per heavy atom. The smallest absolute Gasteiger partial charge is 0.170 e. The summed E-state index contributed by atoms with van der Waals surface area (Å²) in [5.74, 6) is 2.88. The highest BCUT2D eigenvalue weighted by Crippen LogP contribution is 2.17. The van der Waals surface area contributed by atoms with Crippen LogP contribution in [-0.4, -0.2) is 24.0 Å². The lowest BCUT2D eigenvalue weighted by atomic mass is 10.2. The highest BCUT2D eigenvalue weighted by atomic mass is 32.2. The van der Waals surface area contributed by atoms with Crippen molar-refractivity contribution in [1.82, 2.24) is 5.32 Å². The van der Waals surface area contributed by atoms with E-state index in [2.05, 4.69) is 34.9 Å². The minimum Gasteiger partial charge on any atom is -0.494 e. The SMILES string of the molecule is CCOc1cccc(NC(=S)NCCSCc2ccccc2)c1. The Balaban J connectivity index is 1.64. The van der Waals surface area contributed by atoms with Gasteiger partial charge in [0, 0.05) is 29.8 Å². The lowest BCUT2D eigenvalue weighted by molar-refractivity contribution is 0.340. The number of hydrogen-bond donors (Lipinski definition) is 2. The van der Waals surface area contributed by atoms with Gasteiger partial charge in [-0.15, -0.1) is 0 Å². The zero-order chi connectivity index (χ0) is 16.3. The van der Waals surface area contributed by atoms with Crippen molar-refractivity contribution in [2.75, 3.05) is 24.2 Å². The third-order valence-corrected chi connectivity index (χ3v) is 4.32. The lowest BCUT2D eigenvalue weighted by Gasteiger charge is -2.11. The van der Waals surface area contributed by atoms with E-state index in [0.29, 0.717) is 11.7 Å². The third kappa shape index (κ3) is 6.93. The van der Waals surface area contributed by atoms with Crippen LogP contribution >= 0.6 is 24.0 Å². The van der Waals surface area contributed by atoms with E-state index < -0.39 is 0 Å². The summed E-state index contributed by atoms with van der Waals surface area (Å²) in [6, 6.07) is 18.3. The molecule has 0 spiro atoms. The maximum Gasteiger partial charge on any atom is 0.170 e. The first-order chi connectivity index (χ1) is 11.3. The van der Waals surface area contributed by atoms with Gasteiger partial charge < -0.3 is 15.4 Å². The Kier molecular flexibility index (Phi) is 7.77. The summed E-state index contributed by atoms with van der Waals surface area (Å²) < 4.78 is 5.48. The molecule has 2 aromatic rings. The first-order valence-corrected chi connectivity index (χ1v) is 9.23. The molecule has 0 amide bonds. The van der Waals surface area contributed by atoms with Crippen molar-refractivity contribution in [3.8, 4) is 5.75 Å². The van der Waals surface area contributed by atoms with E-state index in [-0.39, 0.29) is 0 Å². The van der Waals surface area contributed by atoms with Crippen molar-refractivity contribution < 1.29 is 4.74 Å². The molecule has 0 aliphatic rings. The summed E-state index contributed by atoms with van der Waals surface area (Å²) >= 11 is 7.21. The number of hydrogen-bond acceptors (Lipinski definition) is 3. The molecule has 5 heteroatoms. The van der Waals surface area contributed by atoms with Crippen LogP contribution in [0.25, 0.3) is 0 Å². The van der Waals surface area contributed by atoms with Gasteiger partial charge in [-0.05, 0) is 36.8 Å². The van der Waals surface area contributed by atoms with E-state index in [1.165, 1.54) is 5.56 Å². The highest BCUT2D eigenvalue weighted by Gasteiger charge is 2.00. The van der Waals surface area contributed by atoms with E-state index >= 15 is 0 Å². The molecule has 2 N–H and O–H groups in total. The largest absolute Gasteiger partial charge is 0.494 e. The molecule has 2 aromatic carbocycles. The number of nitrogens with one attached hydrogen (secondary N) is 2. The molecule has 0 saturated heterocycles. The fraction of sp³-hybridized carbons (Fsp3) is 0.278. The standard InChI is InChI=1S/C18H22N2OS2/c1-2-21-17-10-6-9-16(13-17)20-18(22)19-11-12-23-14-15-7-4-3-5-8-15/h3-10,13H,2,11-12,14H2,1H3,(H2,19,20,22). The molecule has 23 heavy (non-hydrogen) atoms. The lowest BCUT2D eigenvalue weighted by Crippen LogP contribution is -2.30. The normalized spacial score (nSPS) is 10.1. The predicted molar refractivity (Wildman–Crippen MR) is 104 cm³/mol. The number of thiocarbonyl (C=S) groups is 1. The molecule has 3 nitrogen and oxygen atoms in total. The molecule has 0 aliphatic carbocycles. The van der Waals surface area contributed by atoms with Crippen LogP contribution in [0.15, 0.2) is 54.6 Å². The minimum atomic E-state index is 0.638. The first kappa shape index (κ1) is 17.6. The van der Waals surface area contributed by atoms with Crippen molar-refractivity contribution in [3.05, 3.63) is 60.2 Å². The fourth-order valence-electron chi connectivity index (χ4n) is 2.01. The van der Waals surface area contributed by atoms with Crippen molar-refractivity contribution >= 4 is 34.8 Å². The van der Waals surface area contributed by atoms with Crippen molar-refractivity contribution in [2.45, 2.75) is 12.7 Å². The topological polar surface area (TPSA) is 33.3 Å². The van der Waals surface area contributed by atoms with E-state index in [1.807, 2.05) is 49.0 Å². The van der Waals surface area contributed by atoms with Crippen LogP contribution in [0.2, 0.25) is 0 Å². The maximum absolute atomic E-state index is 5.48. The molecule has 0 fully saturated rings. The molecule has 0 aromatic heterocycles. The zero-order valence-electron chi connectivity index (χ0n) is 13.2. The van der Waals surface area contributed by atoms with Crippen LogP contribution in [-0.2, 0) is 5.75 Å². The summed E-state index contributed by atoms with van der Waals surface area (Å²) in [5.41, 5.74) is 2.29. The molecule has 0 radical (unpaired) electrons. The third-order valence-electron chi connectivity index (χ3n) is 3.05. The Hall–Kier alpha value is -1.72. The van der Waals surface area contributed by atoms with Gasteiger partial charge in [0.25, 0.3) is 0 Å². The summed E-state index contributed by atoms with van der Waals surface area (Å²) in [6.07, 6.45) is 0. The second kappa shape index (κ2) is 10.1. The summed E-state index contributed by atoms with van der Waals surface area (Å²) in [4.78, 5) is 0. The molecular formula is C18H22N2OS2. The number of rotatable bonds is 8. The van der Waals surface area contributed by atoms with Crippen LogP contribution in [0.1, 0.15) is 12.5 Å². The average molecular weight is 347 g/mol. The maximum atomic E-state index is 5.48. The molecule has 0 unspecified atom stereocenters. The van der Waals surface area contributed by atoms with Crippen LogP contribution in [0.3, 0.4) is 0 Å². The molecule has 0 atom stereocenters. The van der Waals surface area contributed by atoms with Gasteiger partial charge in [0.15, 0.2) is 5.11 Å². The molecule has 122 valence electrons. The fourth-order valence-corrected chi connectivity index (χ4v) is 3.05. The van der Waals surface area contributed by atoms with Gasteiger partial charge in [-0.2, -0.15) is 11.8 Å². The van der Waals surface area contributed by atoms with Crippen molar-refractivity contribution in [2.24, 2.45) is 0 Å². The first-order valence-electron chi connectivity index (χ1n) is 7.67. The molecule has 0 aliphatic heterocycles. The van der Waals surface area contributed by atoms with Gasteiger partial charge in [-0.25, -0.2) is 0 Å². The molecule has 0 heterocycles. The van der Waals surface area contributed by atoms with E-state index in [0.717, 1.165) is 29.5 Å². The van der Waals surface area contributed by atoms with Crippen molar-refractivity contribution in [3.63, 3.8) is 0 Å². The van der Waals surface area contributed by atoms with Crippen LogP contribution in [0, 0.1) is 0 Å². The Labute approximate surface area is 147 Å². The van der Waals surface area contributed by atoms with Crippen LogP contribution in [0.5, 0.6) is 5.75 Å². The van der Waals surface area contributed by atoms with Crippen LogP contribution < -0.4 is 15.4 Å². The summed E-state index contributed by atoms with van der Waals surface area (Å²) in [5, 5.41) is 7.05. The van der Waals surface area contributed by atoms with Gasteiger partial charge in [-0.1, -0.05) is 36.4 Å². The summed E-state index contributed by atoms with van der Waals surface area (Å²) in [6.45, 7) is 3.47. The Morgan fingerprint density at radius 1 is 1.13 bits per heavy atom. The van der Waals surface area contributed by atoms with E-state index in [4.69, 9.17) is 17.0 Å². The van der Waals surface area contributed by atoms with Gasteiger partial charge >= 0.3 is 0 Å². The Bertz CT molecular complexity index is 605. The summed E-state index contributed by atoms with van der Waals surface area (Å²) in [7, 11) is 0. The minimum absolute atomic E-state index is 0.638. The van der Waals surface area contributed by atoms with Gasteiger partial charge in [0.1, 0.15) is 5.75 Å². The van der Waals surface area contributed by atoms with Crippen LogP contribution in [0.4, 0.5) is 5.69 Å². The highest BCUT2D eigenvalue weighted by molar-refractivity contribution is 7.98. The second-order valence-corrected chi connectivity index (χ2v) is 6.39. The van der Waals surface area contributed by atoms with Crippen molar-refractivity contribution in [1.29, 1.82) is 0 Å². The zero-order valence-corrected chi connectivity index (χ0v) is 14.9. The number of ether oxygens (including phenoxy) is 1. The Morgan fingerprint density at radius 3 is 2.74 bits per heavy atom. The quantitative estimate of drug-likeness (QED) is 0.550. The number of thioether (sulfide) groups is 1. The van der Waals surface area contributed by atoms with Gasteiger partial charge in [0.05, 0.1) is 6.61 Å².